The number of ether oxygens (including phenoxy) is 2. The molecule has 0 spiro atoms. The number of para-hydroxylation sites is 1. The third-order valence-corrected chi connectivity index (χ3v) is 3.92. The van der Waals surface area contributed by atoms with Crippen LogP contribution in [-0.4, -0.2) is 50.9 Å². The number of hydrogen-bond acceptors (Lipinski definition) is 4. The average molecular weight is 292 g/mol. The molecule has 2 atom stereocenters. The molecule has 0 saturated carbocycles. The number of nitrogens with zero attached hydrogens (tertiary/aromatic N) is 1. The fourth-order valence-corrected chi connectivity index (χ4v) is 2.86. The zero-order valence-electron chi connectivity index (χ0n) is 13.5. The van der Waals surface area contributed by atoms with E-state index in [2.05, 4.69) is 36.2 Å². The number of rotatable bonds is 7. The molecule has 1 aromatic carbocycles. The molecule has 0 bridgehead atoms. The van der Waals surface area contributed by atoms with Crippen LogP contribution in [-0.2, 0) is 4.74 Å². The van der Waals surface area contributed by atoms with Gasteiger partial charge in [-0.15, -0.1) is 0 Å². The minimum Gasteiger partial charge on any atom is -0.496 e. The van der Waals surface area contributed by atoms with Crippen molar-refractivity contribution in [3.63, 3.8) is 0 Å². The van der Waals surface area contributed by atoms with Gasteiger partial charge in [0.2, 0.25) is 0 Å². The number of hydrogen-bond donors (Lipinski definition) is 1. The van der Waals surface area contributed by atoms with Gasteiger partial charge in [0.15, 0.2) is 0 Å². The Balaban J connectivity index is 2.09. The fraction of sp³-hybridized carbons (Fsp3) is 0.647. The van der Waals surface area contributed by atoms with Gasteiger partial charge in [0.25, 0.3) is 0 Å². The first-order valence-electron chi connectivity index (χ1n) is 7.94. The van der Waals surface area contributed by atoms with Gasteiger partial charge in [-0.05, 0) is 26.0 Å². The molecule has 2 unspecified atom stereocenters. The predicted octanol–water partition coefficient (Wildman–Crippen LogP) is 2.46. The van der Waals surface area contributed by atoms with Gasteiger partial charge in [-0.2, -0.15) is 0 Å². The van der Waals surface area contributed by atoms with Crippen molar-refractivity contribution in [1.29, 1.82) is 0 Å². The lowest BCUT2D eigenvalue weighted by Gasteiger charge is -2.34. The van der Waals surface area contributed by atoms with E-state index in [-0.39, 0.29) is 0 Å². The number of methoxy groups -OCH3 is 1. The third-order valence-electron chi connectivity index (χ3n) is 3.92. The molecule has 1 N–H and O–H groups in total. The molecule has 0 amide bonds. The van der Waals surface area contributed by atoms with Crippen LogP contribution in [0.1, 0.15) is 31.9 Å². The van der Waals surface area contributed by atoms with Crippen molar-refractivity contribution in [2.24, 2.45) is 0 Å². The summed E-state index contributed by atoms with van der Waals surface area (Å²) in [5.74, 6) is 0.965. The summed E-state index contributed by atoms with van der Waals surface area (Å²) in [6, 6.07) is 8.61. The van der Waals surface area contributed by atoms with Gasteiger partial charge >= 0.3 is 0 Å². The molecule has 0 radical (unpaired) electrons. The van der Waals surface area contributed by atoms with Crippen LogP contribution in [0, 0.1) is 0 Å². The summed E-state index contributed by atoms with van der Waals surface area (Å²) in [6.07, 6.45) is 1.45. The van der Waals surface area contributed by atoms with Gasteiger partial charge in [-0.3, -0.25) is 4.90 Å². The van der Waals surface area contributed by atoms with Gasteiger partial charge in [0, 0.05) is 31.2 Å². The average Bonchev–Trinajstić information content (AvgIpc) is 2.51. The molecule has 0 aromatic heterocycles. The Morgan fingerprint density at radius 3 is 2.95 bits per heavy atom. The number of benzene rings is 1. The zero-order valence-corrected chi connectivity index (χ0v) is 13.5. The van der Waals surface area contributed by atoms with Crippen molar-refractivity contribution in [2.75, 3.05) is 39.9 Å². The van der Waals surface area contributed by atoms with E-state index in [4.69, 9.17) is 9.47 Å². The predicted molar refractivity (Wildman–Crippen MR) is 85.9 cm³/mol. The molecule has 4 nitrogen and oxygen atoms in total. The summed E-state index contributed by atoms with van der Waals surface area (Å²) >= 11 is 0. The van der Waals surface area contributed by atoms with Crippen LogP contribution in [0.4, 0.5) is 0 Å². The fourth-order valence-electron chi connectivity index (χ4n) is 2.86. The molecule has 1 fully saturated rings. The quantitative estimate of drug-likeness (QED) is 0.837. The lowest BCUT2D eigenvalue weighted by molar-refractivity contribution is -0.0211. The molecule has 118 valence electrons. The van der Waals surface area contributed by atoms with Crippen molar-refractivity contribution in [1.82, 2.24) is 10.2 Å². The first-order valence-corrected chi connectivity index (χ1v) is 7.94. The van der Waals surface area contributed by atoms with Gasteiger partial charge in [0.1, 0.15) is 5.75 Å². The molecule has 0 aliphatic carbocycles. The van der Waals surface area contributed by atoms with Crippen molar-refractivity contribution in [3.05, 3.63) is 29.8 Å². The Bertz CT molecular complexity index is 425. The van der Waals surface area contributed by atoms with Gasteiger partial charge < -0.3 is 14.8 Å². The molecule has 1 aromatic rings. The summed E-state index contributed by atoms with van der Waals surface area (Å²) in [4.78, 5) is 2.48. The van der Waals surface area contributed by atoms with Crippen molar-refractivity contribution < 1.29 is 9.47 Å². The summed E-state index contributed by atoms with van der Waals surface area (Å²) in [5, 5.41) is 3.66. The van der Waals surface area contributed by atoms with Gasteiger partial charge in [-0.1, -0.05) is 25.1 Å². The normalized spacial score (nSPS) is 21.2. The lowest BCUT2D eigenvalue weighted by Crippen LogP contribution is -2.45. The molecule has 4 heteroatoms. The second-order valence-electron chi connectivity index (χ2n) is 5.69. The van der Waals surface area contributed by atoms with Crippen LogP contribution in [0.15, 0.2) is 24.3 Å². The van der Waals surface area contributed by atoms with Crippen LogP contribution in [0.25, 0.3) is 0 Å². The first kappa shape index (κ1) is 16.3. The van der Waals surface area contributed by atoms with E-state index in [9.17, 15) is 0 Å². The molecule has 2 rings (SSSR count). The minimum absolute atomic E-state index is 0.298. The zero-order chi connectivity index (χ0) is 15.1. The Hall–Kier alpha value is -1.10. The van der Waals surface area contributed by atoms with E-state index in [0.29, 0.717) is 12.1 Å². The monoisotopic (exact) mass is 292 g/mol. The lowest BCUT2D eigenvalue weighted by atomic mass is 10.0. The summed E-state index contributed by atoms with van der Waals surface area (Å²) < 4.78 is 11.2. The first-order chi connectivity index (χ1) is 10.2. The maximum absolute atomic E-state index is 5.63. The topological polar surface area (TPSA) is 33.7 Å². The van der Waals surface area contributed by atoms with Crippen molar-refractivity contribution in [2.45, 2.75) is 32.4 Å². The Morgan fingerprint density at radius 2 is 2.24 bits per heavy atom. The van der Waals surface area contributed by atoms with E-state index >= 15 is 0 Å². The van der Waals surface area contributed by atoms with Crippen LogP contribution < -0.4 is 10.1 Å². The van der Waals surface area contributed by atoms with E-state index in [1.165, 1.54) is 5.56 Å². The van der Waals surface area contributed by atoms with Crippen molar-refractivity contribution >= 4 is 0 Å². The smallest absolute Gasteiger partial charge is 0.123 e. The molecular weight excluding hydrogens is 264 g/mol. The molecule has 1 aliphatic rings. The third kappa shape index (κ3) is 4.70. The van der Waals surface area contributed by atoms with E-state index in [1.807, 2.05) is 12.1 Å². The van der Waals surface area contributed by atoms with E-state index in [0.717, 1.165) is 45.0 Å². The molecule has 1 heterocycles. The largest absolute Gasteiger partial charge is 0.496 e. The Labute approximate surface area is 128 Å². The maximum Gasteiger partial charge on any atom is 0.123 e. The SMILES string of the molecule is CCCNC(CN1CCOC(C)C1)c1ccccc1OC. The molecular formula is C17H28N2O2. The highest BCUT2D eigenvalue weighted by Gasteiger charge is 2.22. The molecule has 21 heavy (non-hydrogen) atoms. The molecule has 1 saturated heterocycles. The minimum atomic E-state index is 0.298. The van der Waals surface area contributed by atoms with E-state index < -0.39 is 0 Å². The van der Waals surface area contributed by atoms with Crippen LogP contribution in [0.2, 0.25) is 0 Å². The summed E-state index contributed by atoms with van der Waals surface area (Å²) in [7, 11) is 1.74. The maximum atomic E-state index is 5.63. The highest BCUT2D eigenvalue weighted by Crippen LogP contribution is 2.26. The summed E-state index contributed by atoms with van der Waals surface area (Å²) in [5.41, 5.74) is 1.24. The molecule has 1 aliphatic heterocycles. The highest BCUT2D eigenvalue weighted by atomic mass is 16.5. The second-order valence-corrected chi connectivity index (χ2v) is 5.69. The van der Waals surface area contributed by atoms with Crippen molar-refractivity contribution in [3.8, 4) is 5.75 Å². The highest BCUT2D eigenvalue weighted by molar-refractivity contribution is 5.36. The van der Waals surface area contributed by atoms with E-state index in [1.54, 1.807) is 7.11 Å². The Morgan fingerprint density at radius 1 is 1.43 bits per heavy atom. The standard InChI is InChI=1S/C17H28N2O2/c1-4-9-18-16(13-19-10-11-21-14(2)12-19)15-7-5-6-8-17(15)20-3/h5-8,14,16,18H,4,9-13H2,1-3H3. The van der Waals surface area contributed by atoms with Gasteiger partial charge in [0.05, 0.1) is 19.8 Å². The Kier molecular flexibility index (Phi) is 6.49. The van der Waals surface area contributed by atoms with Crippen LogP contribution >= 0.6 is 0 Å². The van der Waals surface area contributed by atoms with Crippen LogP contribution in [0.5, 0.6) is 5.75 Å². The number of morpholine rings is 1. The summed E-state index contributed by atoms with van der Waals surface area (Å²) in [6.45, 7) is 9.18. The van der Waals surface area contributed by atoms with Gasteiger partial charge in [-0.25, -0.2) is 0 Å². The second kappa shape index (κ2) is 8.37. The number of nitrogens with one attached hydrogen (secondary N) is 1. The van der Waals surface area contributed by atoms with Crippen LogP contribution in [0.3, 0.4) is 0 Å².